The van der Waals surface area contributed by atoms with E-state index in [0.29, 0.717) is 11.7 Å². The Labute approximate surface area is 162 Å². The lowest BCUT2D eigenvalue weighted by atomic mass is 9.71. The van der Waals surface area contributed by atoms with Crippen LogP contribution in [0.2, 0.25) is 0 Å². The van der Waals surface area contributed by atoms with Gasteiger partial charge in [-0.2, -0.15) is 5.10 Å². The topological polar surface area (TPSA) is 76.0 Å². The van der Waals surface area contributed by atoms with Crippen LogP contribution in [0.3, 0.4) is 0 Å². The van der Waals surface area contributed by atoms with E-state index in [2.05, 4.69) is 35.6 Å². The number of anilines is 2. The summed E-state index contributed by atoms with van der Waals surface area (Å²) in [6.45, 7) is 4.23. The van der Waals surface area contributed by atoms with Crippen LogP contribution in [0.25, 0.3) is 5.69 Å². The molecule has 2 aromatic carbocycles. The van der Waals surface area contributed by atoms with Crippen molar-refractivity contribution in [1.29, 1.82) is 0 Å². The molecular weight excluding hydrogens is 352 g/mol. The third-order valence-corrected chi connectivity index (χ3v) is 5.72. The number of nitrogens with one attached hydrogen (secondary N) is 2. The first-order chi connectivity index (χ1) is 13.5. The number of para-hydroxylation sites is 1. The summed E-state index contributed by atoms with van der Waals surface area (Å²) in [5.41, 5.74) is 3.27. The Bertz CT molecular complexity index is 1120. The average Bonchev–Trinajstić information content (AvgIpc) is 3.22. The summed E-state index contributed by atoms with van der Waals surface area (Å²) in [5.74, 6) is 0.512. The lowest BCUT2D eigenvalue weighted by Crippen LogP contribution is -2.43. The lowest BCUT2D eigenvalue weighted by molar-refractivity contribution is -0.125. The zero-order chi connectivity index (χ0) is 19.5. The maximum Gasteiger partial charge on any atom is 0.240 e. The van der Waals surface area contributed by atoms with E-state index in [1.807, 2.05) is 42.5 Å². The molecule has 0 aliphatic carbocycles. The fraction of sp³-hybridized carbons (Fsp3) is 0.227. The van der Waals surface area contributed by atoms with Crippen molar-refractivity contribution in [2.75, 3.05) is 10.6 Å². The molecule has 2 aliphatic heterocycles. The molecule has 3 heterocycles. The van der Waals surface area contributed by atoms with Crippen molar-refractivity contribution in [3.05, 3.63) is 71.4 Å². The Kier molecular flexibility index (Phi) is 3.46. The van der Waals surface area contributed by atoms with Crippen molar-refractivity contribution in [3.8, 4) is 5.69 Å². The molecule has 6 heteroatoms. The molecule has 2 N–H and O–H groups in total. The van der Waals surface area contributed by atoms with Crippen molar-refractivity contribution >= 4 is 23.3 Å². The van der Waals surface area contributed by atoms with Crippen molar-refractivity contribution in [2.24, 2.45) is 0 Å². The number of amides is 2. The van der Waals surface area contributed by atoms with E-state index < -0.39 is 5.41 Å². The van der Waals surface area contributed by atoms with E-state index in [1.54, 1.807) is 10.9 Å². The Hall–Kier alpha value is -3.41. The maximum absolute atomic E-state index is 13.2. The second-order valence-corrected chi connectivity index (χ2v) is 7.70. The predicted molar refractivity (Wildman–Crippen MR) is 107 cm³/mol. The van der Waals surface area contributed by atoms with Gasteiger partial charge in [-0.1, -0.05) is 44.2 Å². The van der Waals surface area contributed by atoms with E-state index in [1.165, 1.54) is 0 Å². The average molecular weight is 372 g/mol. The summed E-state index contributed by atoms with van der Waals surface area (Å²) < 4.78 is 1.69. The van der Waals surface area contributed by atoms with Gasteiger partial charge in [-0.25, -0.2) is 4.68 Å². The van der Waals surface area contributed by atoms with Gasteiger partial charge in [0.25, 0.3) is 0 Å². The van der Waals surface area contributed by atoms with Gasteiger partial charge in [0.15, 0.2) is 0 Å². The molecule has 3 aromatic rings. The first-order valence-electron chi connectivity index (χ1n) is 9.40. The van der Waals surface area contributed by atoms with Crippen molar-refractivity contribution < 1.29 is 9.59 Å². The number of hydrogen-bond acceptors (Lipinski definition) is 3. The van der Waals surface area contributed by atoms with Crippen LogP contribution in [0.4, 0.5) is 11.5 Å². The number of carbonyl (C=O) groups is 2. The highest BCUT2D eigenvalue weighted by Crippen LogP contribution is 2.50. The third-order valence-electron chi connectivity index (χ3n) is 5.72. The quantitative estimate of drug-likeness (QED) is 0.722. The highest BCUT2D eigenvalue weighted by atomic mass is 16.2. The van der Waals surface area contributed by atoms with Crippen molar-refractivity contribution in [1.82, 2.24) is 9.78 Å². The van der Waals surface area contributed by atoms with Crippen LogP contribution in [-0.2, 0) is 15.0 Å². The second-order valence-electron chi connectivity index (χ2n) is 7.70. The van der Waals surface area contributed by atoms with Gasteiger partial charge in [0.1, 0.15) is 11.2 Å². The van der Waals surface area contributed by atoms with Crippen LogP contribution in [0, 0.1) is 0 Å². The summed E-state index contributed by atoms with van der Waals surface area (Å²) in [7, 11) is 0. The molecular formula is C22H20N4O2. The number of rotatable bonds is 2. The SMILES string of the molecule is CC(C)c1ccc2c(c1)[C@@]1(CC(=O)Nc3c1cnn3-c1ccccc1)C(=O)N2. The van der Waals surface area contributed by atoms with Crippen LogP contribution in [0.15, 0.2) is 54.7 Å². The minimum absolute atomic E-state index is 0.0703. The molecule has 1 aromatic heterocycles. The van der Waals surface area contributed by atoms with Gasteiger partial charge in [-0.05, 0) is 35.2 Å². The molecule has 0 fully saturated rings. The molecule has 2 aliphatic rings. The number of nitrogens with zero attached hydrogens (tertiary/aromatic N) is 2. The Morgan fingerprint density at radius 3 is 2.57 bits per heavy atom. The molecule has 0 saturated carbocycles. The van der Waals surface area contributed by atoms with Gasteiger partial charge in [-0.15, -0.1) is 0 Å². The van der Waals surface area contributed by atoms with Gasteiger partial charge in [0, 0.05) is 17.7 Å². The predicted octanol–water partition coefficient (Wildman–Crippen LogP) is 3.58. The molecule has 2 amide bonds. The van der Waals surface area contributed by atoms with E-state index in [-0.39, 0.29) is 18.2 Å². The van der Waals surface area contributed by atoms with E-state index in [4.69, 9.17) is 0 Å². The fourth-order valence-electron chi connectivity index (χ4n) is 4.24. The third kappa shape index (κ3) is 2.17. The highest BCUT2D eigenvalue weighted by molar-refractivity contribution is 6.14. The normalized spacial score (nSPS) is 20.1. The lowest BCUT2D eigenvalue weighted by Gasteiger charge is -2.32. The van der Waals surface area contributed by atoms with Gasteiger partial charge >= 0.3 is 0 Å². The Morgan fingerprint density at radius 2 is 1.82 bits per heavy atom. The smallest absolute Gasteiger partial charge is 0.240 e. The molecule has 140 valence electrons. The molecule has 0 saturated heterocycles. The highest BCUT2D eigenvalue weighted by Gasteiger charge is 2.54. The van der Waals surface area contributed by atoms with Gasteiger partial charge in [-0.3, -0.25) is 9.59 Å². The fourth-order valence-corrected chi connectivity index (χ4v) is 4.24. The first kappa shape index (κ1) is 16.7. The van der Waals surface area contributed by atoms with Gasteiger partial charge in [0.2, 0.25) is 11.8 Å². The van der Waals surface area contributed by atoms with Crippen molar-refractivity contribution in [2.45, 2.75) is 31.6 Å². The summed E-state index contributed by atoms with van der Waals surface area (Å²) in [6.07, 6.45) is 1.78. The Morgan fingerprint density at radius 1 is 1.04 bits per heavy atom. The number of fused-ring (bicyclic) bond motifs is 4. The Balaban J connectivity index is 1.76. The first-order valence-corrected chi connectivity index (χ1v) is 9.40. The second kappa shape index (κ2) is 5.79. The van der Waals surface area contributed by atoms with Crippen LogP contribution < -0.4 is 10.6 Å². The standard InChI is InChI=1S/C22H20N4O2/c1-13(2)14-8-9-18-16(10-14)22(21(28)24-18)11-19(27)25-20-17(22)12-23-26(20)15-6-4-3-5-7-15/h3-10,12-13H,11H2,1-2H3,(H,24,28)(H,25,27)/t22-/m1/s1. The minimum Gasteiger partial charge on any atom is -0.325 e. The number of benzene rings is 2. The molecule has 5 rings (SSSR count). The molecule has 28 heavy (non-hydrogen) atoms. The van der Waals surface area contributed by atoms with Crippen LogP contribution >= 0.6 is 0 Å². The summed E-state index contributed by atoms with van der Waals surface area (Å²) in [4.78, 5) is 25.9. The number of hydrogen-bond donors (Lipinski definition) is 2. The van der Waals surface area contributed by atoms with Gasteiger partial charge < -0.3 is 10.6 Å². The summed E-state index contributed by atoms with van der Waals surface area (Å²) in [5, 5.41) is 10.4. The summed E-state index contributed by atoms with van der Waals surface area (Å²) >= 11 is 0. The molecule has 0 radical (unpaired) electrons. The number of carbonyl (C=O) groups excluding carboxylic acids is 2. The zero-order valence-corrected chi connectivity index (χ0v) is 15.7. The molecule has 1 spiro atoms. The minimum atomic E-state index is -1.05. The largest absolute Gasteiger partial charge is 0.325 e. The summed E-state index contributed by atoms with van der Waals surface area (Å²) in [6, 6.07) is 15.6. The maximum atomic E-state index is 13.2. The van der Waals surface area contributed by atoms with Crippen molar-refractivity contribution in [3.63, 3.8) is 0 Å². The van der Waals surface area contributed by atoms with E-state index >= 15 is 0 Å². The van der Waals surface area contributed by atoms with E-state index in [9.17, 15) is 9.59 Å². The van der Waals surface area contributed by atoms with Crippen LogP contribution in [0.5, 0.6) is 0 Å². The van der Waals surface area contributed by atoms with Gasteiger partial charge in [0.05, 0.1) is 11.9 Å². The monoisotopic (exact) mass is 372 g/mol. The number of aromatic nitrogens is 2. The molecule has 6 nitrogen and oxygen atoms in total. The van der Waals surface area contributed by atoms with Crippen LogP contribution in [-0.4, -0.2) is 21.6 Å². The van der Waals surface area contributed by atoms with E-state index in [0.717, 1.165) is 28.1 Å². The molecule has 0 bridgehead atoms. The molecule has 1 atom stereocenters. The van der Waals surface area contributed by atoms with Crippen LogP contribution in [0.1, 0.15) is 42.9 Å². The zero-order valence-electron chi connectivity index (χ0n) is 15.7. The molecule has 0 unspecified atom stereocenters.